The summed E-state index contributed by atoms with van der Waals surface area (Å²) < 4.78 is 33.7. The first-order valence-corrected chi connectivity index (χ1v) is 5.30. The molecule has 0 unspecified atom stereocenters. The van der Waals surface area contributed by atoms with Gasteiger partial charge in [0, 0.05) is 12.0 Å². The van der Waals surface area contributed by atoms with Crippen LogP contribution in [-0.4, -0.2) is 25.4 Å². The number of benzene rings is 1. The van der Waals surface area contributed by atoms with E-state index in [2.05, 4.69) is 4.74 Å². The van der Waals surface area contributed by atoms with Crippen molar-refractivity contribution in [3.63, 3.8) is 0 Å². The normalized spacial score (nSPS) is 10.4. The molecular weight excluding hydrogens is 254 g/mol. The number of ether oxygens (including phenoxy) is 2. The molecule has 0 fully saturated rings. The fraction of sp³-hybridized carbons (Fsp3) is 0.364. The van der Waals surface area contributed by atoms with Crippen molar-refractivity contribution >= 4 is 17.4 Å². The zero-order valence-electron chi connectivity index (χ0n) is 9.08. The van der Waals surface area contributed by atoms with Crippen molar-refractivity contribution in [2.75, 3.05) is 13.0 Å². The van der Waals surface area contributed by atoms with Gasteiger partial charge in [0.2, 0.25) is 0 Å². The molecule has 0 amide bonds. The minimum absolute atomic E-state index is 0.0715. The molecule has 1 aromatic rings. The van der Waals surface area contributed by atoms with Gasteiger partial charge in [0.1, 0.15) is 11.5 Å². The van der Waals surface area contributed by atoms with Crippen molar-refractivity contribution in [1.82, 2.24) is 0 Å². The molecule has 0 aliphatic heterocycles. The summed E-state index contributed by atoms with van der Waals surface area (Å²) in [6.45, 7) is -2.95. The van der Waals surface area contributed by atoms with Gasteiger partial charge < -0.3 is 9.47 Å². The van der Waals surface area contributed by atoms with Crippen molar-refractivity contribution in [3.05, 3.63) is 23.8 Å². The Morgan fingerprint density at radius 3 is 2.59 bits per heavy atom. The van der Waals surface area contributed by atoms with Crippen LogP contribution in [0.2, 0.25) is 0 Å². The van der Waals surface area contributed by atoms with Crippen molar-refractivity contribution in [3.8, 4) is 11.5 Å². The second kappa shape index (κ2) is 6.39. The molecule has 0 bridgehead atoms. The number of carbonyl (C=O) groups is 1. The summed E-state index contributed by atoms with van der Waals surface area (Å²) in [6, 6.07) is 4.42. The lowest BCUT2D eigenvalue weighted by atomic mass is 10.1. The number of rotatable bonds is 6. The Bertz CT molecular complexity index is 396. The largest absolute Gasteiger partial charge is 0.496 e. The van der Waals surface area contributed by atoms with Gasteiger partial charge in [-0.1, -0.05) is 6.07 Å². The lowest BCUT2D eigenvalue weighted by Gasteiger charge is -2.13. The number of hydrogen-bond donors (Lipinski definition) is 0. The number of Topliss-reactive ketones (excluding diaryl/α,β-unsaturated/α-hetero) is 1. The minimum Gasteiger partial charge on any atom is -0.496 e. The molecule has 0 spiro atoms. The first kappa shape index (κ1) is 13.7. The van der Waals surface area contributed by atoms with Crippen molar-refractivity contribution in [2.24, 2.45) is 0 Å². The third-order valence-corrected chi connectivity index (χ3v) is 2.35. The number of hydrogen-bond acceptors (Lipinski definition) is 3. The standard InChI is InChI=1S/C11H11ClF2O3/c1-16-9-3-2-4-10(17-11(13)14)8(9)5-7(15)6-12/h2-4,11H,5-6H2,1H3. The molecule has 1 rings (SSSR count). The zero-order chi connectivity index (χ0) is 12.8. The third kappa shape index (κ3) is 3.85. The van der Waals surface area contributed by atoms with Gasteiger partial charge >= 0.3 is 6.61 Å². The number of halogens is 3. The Morgan fingerprint density at radius 2 is 2.06 bits per heavy atom. The predicted octanol–water partition coefficient (Wildman–Crippen LogP) is 2.65. The zero-order valence-corrected chi connectivity index (χ0v) is 9.84. The van der Waals surface area contributed by atoms with Crippen LogP contribution in [0, 0.1) is 0 Å². The van der Waals surface area contributed by atoms with Crippen LogP contribution in [-0.2, 0) is 11.2 Å². The minimum atomic E-state index is -2.95. The Labute approximate surface area is 102 Å². The van der Waals surface area contributed by atoms with Crippen LogP contribution in [0.3, 0.4) is 0 Å². The van der Waals surface area contributed by atoms with Gasteiger partial charge in [-0.3, -0.25) is 4.79 Å². The highest BCUT2D eigenvalue weighted by Crippen LogP contribution is 2.30. The SMILES string of the molecule is COc1cccc(OC(F)F)c1CC(=O)CCl. The summed E-state index contributed by atoms with van der Waals surface area (Å²) in [5, 5.41) is 0. The highest BCUT2D eigenvalue weighted by molar-refractivity contribution is 6.27. The summed E-state index contributed by atoms with van der Waals surface area (Å²) in [4.78, 5) is 11.3. The lowest BCUT2D eigenvalue weighted by Crippen LogP contribution is -2.10. The van der Waals surface area contributed by atoms with E-state index in [-0.39, 0.29) is 29.4 Å². The summed E-state index contributed by atoms with van der Waals surface area (Å²) in [7, 11) is 1.39. The van der Waals surface area contributed by atoms with Crippen LogP contribution in [0.1, 0.15) is 5.56 Å². The van der Waals surface area contributed by atoms with Crippen LogP contribution >= 0.6 is 11.6 Å². The average molecular weight is 265 g/mol. The molecule has 94 valence electrons. The fourth-order valence-electron chi connectivity index (χ4n) is 1.36. The van der Waals surface area contributed by atoms with Crippen molar-refractivity contribution in [1.29, 1.82) is 0 Å². The fourth-order valence-corrected chi connectivity index (χ4v) is 1.46. The summed E-state index contributed by atoms with van der Waals surface area (Å²) in [5.74, 6) is -0.235. The Hall–Kier alpha value is -1.36. The van der Waals surface area contributed by atoms with E-state index in [9.17, 15) is 13.6 Å². The van der Waals surface area contributed by atoms with Crippen molar-refractivity contribution < 1.29 is 23.0 Å². The van der Waals surface area contributed by atoms with Gasteiger partial charge in [0.15, 0.2) is 5.78 Å². The van der Waals surface area contributed by atoms with Crippen LogP contribution in [0.5, 0.6) is 11.5 Å². The molecule has 0 heterocycles. The molecule has 1 aromatic carbocycles. The van der Waals surface area contributed by atoms with E-state index in [4.69, 9.17) is 16.3 Å². The molecule has 6 heteroatoms. The summed E-state index contributed by atoms with van der Waals surface area (Å²) in [5.41, 5.74) is 0.279. The van der Waals surface area contributed by atoms with Gasteiger partial charge in [0.05, 0.1) is 13.0 Å². The third-order valence-electron chi connectivity index (χ3n) is 2.05. The Balaban J connectivity index is 3.06. The molecular formula is C11H11ClF2O3. The first-order chi connectivity index (χ1) is 8.08. The van der Waals surface area contributed by atoms with Gasteiger partial charge in [0.25, 0.3) is 0 Å². The Morgan fingerprint density at radius 1 is 1.41 bits per heavy atom. The van der Waals surface area contributed by atoms with Gasteiger partial charge in [-0.2, -0.15) is 8.78 Å². The van der Waals surface area contributed by atoms with Gasteiger partial charge in [-0.15, -0.1) is 11.6 Å². The lowest BCUT2D eigenvalue weighted by molar-refractivity contribution is -0.116. The highest BCUT2D eigenvalue weighted by Gasteiger charge is 2.16. The van der Waals surface area contributed by atoms with E-state index in [1.807, 2.05) is 0 Å². The first-order valence-electron chi connectivity index (χ1n) is 4.76. The molecule has 0 atom stereocenters. The van der Waals surface area contributed by atoms with E-state index in [0.717, 1.165) is 0 Å². The Kier molecular flexibility index (Phi) is 5.15. The summed E-state index contributed by atoms with van der Waals surface area (Å²) >= 11 is 5.38. The molecule has 0 aliphatic carbocycles. The number of ketones is 1. The van der Waals surface area contributed by atoms with Crippen LogP contribution in [0.15, 0.2) is 18.2 Å². The van der Waals surface area contributed by atoms with Gasteiger partial charge in [-0.25, -0.2) is 0 Å². The molecule has 0 saturated carbocycles. The maximum Gasteiger partial charge on any atom is 0.387 e. The number of methoxy groups -OCH3 is 1. The maximum absolute atomic E-state index is 12.2. The van der Waals surface area contributed by atoms with Gasteiger partial charge in [-0.05, 0) is 12.1 Å². The topological polar surface area (TPSA) is 35.5 Å². The van der Waals surface area contributed by atoms with E-state index < -0.39 is 6.61 Å². The monoisotopic (exact) mass is 264 g/mol. The van der Waals surface area contributed by atoms with Crippen LogP contribution in [0.4, 0.5) is 8.78 Å². The van der Waals surface area contributed by atoms with E-state index in [1.165, 1.54) is 19.2 Å². The maximum atomic E-state index is 12.2. The quantitative estimate of drug-likeness (QED) is 0.741. The molecule has 0 radical (unpaired) electrons. The van der Waals surface area contributed by atoms with E-state index >= 15 is 0 Å². The molecule has 0 aromatic heterocycles. The van der Waals surface area contributed by atoms with E-state index in [0.29, 0.717) is 5.75 Å². The second-order valence-corrected chi connectivity index (χ2v) is 3.43. The molecule has 0 N–H and O–H groups in total. The summed E-state index contributed by atoms with van der Waals surface area (Å²) in [6.07, 6.45) is -0.102. The molecule has 17 heavy (non-hydrogen) atoms. The average Bonchev–Trinajstić information content (AvgIpc) is 2.30. The number of alkyl halides is 3. The van der Waals surface area contributed by atoms with Crippen molar-refractivity contribution in [2.45, 2.75) is 13.0 Å². The highest BCUT2D eigenvalue weighted by atomic mass is 35.5. The molecule has 0 aliphatic rings. The predicted molar refractivity (Wildman–Crippen MR) is 59.1 cm³/mol. The van der Waals surface area contributed by atoms with E-state index in [1.54, 1.807) is 6.07 Å². The second-order valence-electron chi connectivity index (χ2n) is 3.16. The van der Waals surface area contributed by atoms with Crippen LogP contribution < -0.4 is 9.47 Å². The molecule has 3 nitrogen and oxygen atoms in total. The number of carbonyl (C=O) groups excluding carboxylic acids is 1. The molecule has 0 saturated heterocycles. The van der Waals surface area contributed by atoms with Crippen LogP contribution in [0.25, 0.3) is 0 Å². The smallest absolute Gasteiger partial charge is 0.387 e.